The minimum Gasteiger partial charge on any atom is -0.453 e. The zero-order chi connectivity index (χ0) is 17.1. The number of aliphatic hydroxyl groups excluding tert-OH is 2. The van der Waals surface area contributed by atoms with Crippen LogP contribution in [0, 0.1) is 5.92 Å². The quantitative estimate of drug-likeness (QED) is 0.335. The van der Waals surface area contributed by atoms with Crippen LogP contribution < -0.4 is 5.32 Å². The lowest BCUT2D eigenvalue weighted by Gasteiger charge is -2.53. The molecule has 0 spiro atoms. The predicted molar refractivity (Wildman–Crippen MR) is 84.5 cm³/mol. The Morgan fingerprint density at radius 2 is 2.09 bits per heavy atom. The summed E-state index contributed by atoms with van der Waals surface area (Å²) < 4.78 is 5.31. The van der Waals surface area contributed by atoms with Crippen molar-refractivity contribution in [1.29, 1.82) is 0 Å². The van der Waals surface area contributed by atoms with Crippen molar-refractivity contribution in [3.63, 3.8) is 0 Å². The number of rotatable bonds is 9. The minimum absolute atomic E-state index is 0.0243. The van der Waals surface area contributed by atoms with Gasteiger partial charge in [0.25, 0.3) is 0 Å². The number of allylic oxidation sites excluding steroid dienone is 1. The van der Waals surface area contributed by atoms with Gasteiger partial charge >= 0.3 is 5.97 Å². The molecule has 0 aromatic heterocycles. The Morgan fingerprint density at radius 1 is 1.35 bits per heavy atom. The largest absolute Gasteiger partial charge is 0.453 e. The third-order valence-corrected chi connectivity index (χ3v) is 5.11. The lowest BCUT2D eigenvalue weighted by molar-refractivity contribution is -0.235. The minimum atomic E-state index is -1.36. The molecule has 1 amide bonds. The maximum atomic E-state index is 12.3. The third kappa shape index (κ3) is 2.78. The van der Waals surface area contributed by atoms with Gasteiger partial charge in [-0.25, -0.2) is 4.79 Å². The van der Waals surface area contributed by atoms with E-state index in [9.17, 15) is 14.7 Å². The number of unbranched alkanes of at least 4 members (excludes halogenated alkanes) is 2. The van der Waals surface area contributed by atoms with E-state index in [4.69, 9.17) is 9.84 Å². The Morgan fingerprint density at radius 3 is 2.70 bits per heavy atom. The van der Waals surface area contributed by atoms with Crippen molar-refractivity contribution < 1.29 is 24.5 Å². The topological polar surface area (TPSA) is 95.9 Å². The predicted octanol–water partition coefficient (Wildman–Crippen LogP) is 1.06. The molecule has 0 aliphatic carbocycles. The van der Waals surface area contributed by atoms with Crippen LogP contribution in [-0.4, -0.2) is 45.9 Å². The summed E-state index contributed by atoms with van der Waals surface area (Å²) in [6, 6.07) is 0. The van der Waals surface area contributed by atoms with Gasteiger partial charge in [-0.05, 0) is 32.6 Å². The standard InChI is InChI=1S/C17H27NO5/c1-3-4-5-6-7-10-13(20)17-15(22)23-16(17,2)12(9-8-11-19)14(21)18-17/h6-7,12-13,19-20H,3-5,8-11H2,1-2H3,(H,18,21)/b7-6-/t12-,13?,16-,17-/m0/s1. The Labute approximate surface area is 136 Å². The van der Waals surface area contributed by atoms with Crippen LogP contribution in [0.1, 0.15) is 52.4 Å². The molecule has 0 aromatic carbocycles. The fraction of sp³-hybridized carbons (Fsp3) is 0.765. The van der Waals surface area contributed by atoms with Gasteiger partial charge in [-0.1, -0.05) is 31.9 Å². The molecule has 2 aliphatic heterocycles. The van der Waals surface area contributed by atoms with Crippen LogP contribution in [0.4, 0.5) is 0 Å². The molecule has 23 heavy (non-hydrogen) atoms. The molecule has 3 N–H and O–H groups in total. The molecule has 130 valence electrons. The zero-order valence-corrected chi connectivity index (χ0v) is 13.9. The second-order valence-corrected chi connectivity index (χ2v) is 6.58. The van der Waals surface area contributed by atoms with E-state index in [-0.39, 0.29) is 12.5 Å². The lowest BCUT2D eigenvalue weighted by atomic mass is 9.67. The number of hydrogen-bond acceptors (Lipinski definition) is 5. The van der Waals surface area contributed by atoms with Crippen LogP contribution in [0.25, 0.3) is 0 Å². The first-order chi connectivity index (χ1) is 10.9. The van der Waals surface area contributed by atoms with Gasteiger partial charge in [-0.3, -0.25) is 4.79 Å². The van der Waals surface area contributed by atoms with Gasteiger partial charge in [0.1, 0.15) is 0 Å². The first kappa shape index (κ1) is 17.9. The van der Waals surface area contributed by atoms with Gasteiger partial charge in [0.05, 0.1) is 12.0 Å². The summed E-state index contributed by atoms with van der Waals surface area (Å²) in [6.45, 7) is 3.78. The average Bonchev–Trinajstić information content (AvgIpc) is 2.69. The highest BCUT2D eigenvalue weighted by Gasteiger charge is 2.78. The molecular weight excluding hydrogens is 298 g/mol. The highest BCUT2D eigenvalue weighted by Crippen LogP contribution is 2.52. The Bertz CT molecular complexity index is 491. The lowest BCUT2D eigenvalue weighted by Crippen LogP contribution is -2.79. The van der Waals surface area contributed by atoms with E-state index < -0.39 is 29.1 Å². The molecule has 0 saturated carbocycles. The van der Waals surface area contributed by atoms with Gasteiger partial charge in [0.2, 0.25) is 11.4 Å². The summed E-state index contributed by atoms with van der Waals surface area (Å²) in [7, 11) is 0. The van der Waals surface area contributed by atoms with Crippen LogP contribution in [0.15, 0.2) is 12.2 Å². The molecule has 2 fully saturated rings. The molecule has 2 heterocycles. The van der Waals surface area contributed by atoms with Gasteiger partial charge in [0, 0.05) is 6.61 Å². The fourth-order valence-electron chi connectivity index (χ4n) is 3.66. The van der Waals surface area contributed by atoms with Crippen molar-refractivity contribution in [2.45, 2.75) is 69.6 Å². The monoisotopic (exact) mass is 325 g/mol. The van der Waals surface area contributed by atoms with Crippen LogP contribution in [0.5, 0.6) is 0 Å². The highest BCUT2D eigenvalue weighted by atomic mass is 16.6. The smallest absolute Gasteiger partial charge is 0.339 e. The molecule has 1 unspecified atom stereocenters. The summed E-state index contributed by atoms with van der Waals surface area (Å²) >= 11 is 0. The van der Waals surface area contributed by atoms with Crippen molar-refractivity contribution in [1.82, 2.24) is 5.32 Å². The van der Waals surface area contributed by atoms with Crippen LogP contribution >= 0.6 is 0 Å². The Hall–Kier alpha value is -1.40. The van der Waals surface area contributed by atoms with Gasteiger partial charge in [-0.15, -0.1) is 0 Å². The Kier molecular flexibility index (Phi) is 5.47. The number of amides is 1. The summed E-state index contributed by atoms with van der Waals surface area (Å²) in [5, 5.41) is 22.2. The molecule has 2 rings (SSSR count). The number of ether oxygens (including phenoxy) is 1. The number of esters is 1. The van der Waals surface area contributed by atoms with E-state index in [1.165, 1.54) is 0 Å². The van der Waals surface area contributed by atoms with Crippen LogP contribution in [0.2, 0.25) is 0 Å². The van der Waals surface area contributed by atoms with E-state index in [0.717, 1.165) is 19.3 Å². The van der Waals surface area contributed by atoms with Gasteiger partial charge in [0.15, 0.2) is 5.60 Å². The van der Waals surface area contributed by atoms with E-state index in [0.29, 0.717) is 19.3 Å². The van der Waals surface area contributed by atoms with Crippen molar-refractivity contribution >= 4 is 11.9 Å². The number of carbonyl (C=O) groups excluding carboxylic acids is 2. The van der Waals surface area contributed by atoms with E-state index >= 15 is 0 Å². The summed E-state index contributed by atoms with van der Waals surface area (Å²) in [4.78, 5) is 24.4. The molecule has 0 radical (unpaired) electrons. The molecule has 4 atom stereocenters. The van der Waals surface area contributed by atoms with Crippen molar-refractivity contribution in [3.8, 4) is 0 Å². The van der Waals surface area contributed by atoms with E-state index in [2.05, 4.69) is 12.2 Å². The SMILES string of the molecule is CCCC/C=C\CC(O)[C@@]12NC(=O)[C@H](CCCO)[C@]1(C)OC2=O. The number of aliphatic hydroxyl groups is 2. The van der Waals surface area contributed by atoms with Crippen molar-refractivity contribution in [3.05, 3.63) is 12.2 Å². The molecule has 2 aliphatic rings. The second kappa shape index (κ2) is 7.01. The molecule has 6 heteroatoms. The maximum absolute atomic E-state index is 12.3. The maximum Gasteiger partial charge on any atom is 0.339 e. The number of hydrogen-bond donors (Lipinski definition) is 3. The first-order valence-corrected chi connectivity index (χ1v) is 8.43. The third-order valence-electron chi connectivity index (χ3n) is 5.11. The van der Waals surface area contributed by atoms with Crippen molar-refractivity contribution in [2.75, 3.05) is 6.61 Å². The number of fused-ring (bicyclic) bond motifs is 1. The van der Waals surface area contributed by atoms with E-state index in [1.807, 2.05) is 12.2 Å². The summed E-state index contributed by atoms with van der Waals surface area (Å²) in [5.41, 5.74) is -2.41. The number of nitrogens with one attached hydrogen (secondary N) is 1. The van der Waals surface area contributed by atoms with Gasteiger partial charge < -0.3 is 20.3 Å². The highest BCUT2D eigenvalue weighted by molar-refractivity contribution is 6.01. The first-order valence-electron chi connectivity index (χ1n) is 8.43. The summed E-state index contributed by atoms with van der Waals surface area (Å²) in [5.74, 6) is -1.40. The van der Waals surface area contributed by atoms with Crippen LogP contribution in [-0.2, 0) is 14.3 Å². The van der Waals surface area contributed by atoms with E-state index in [1.54, 1.807) is 6.92 Å². The average molecular weight is 325 g/mol. The summed E-state index contributed by atoms with van der Waals surface area (Å²) in [6.07, 6.45) is 7.11. The van der Waals surface area contributed by atoms with Crippen LogP contribution in [0.3, 0.4) is 0 Å². The van der Waals surface area contributed by atoms with Gasteiger partial charge in [-0.2, -0.15) is 0 Å². The molecule has 6 nitrogen and oxygen atoms in total. The molecular formula is C17H27NO5. The fourth-order valence-corrected chi connectivity index (χ4v) is 3.66. The zero-order valence-electron chi connectivity index (χ0n) is 13.9. The molecule has 0 bridgehead atoms. The van der Waals surface area contributed by atoms with Crippen molar-refractivity contribution in [2.24, 2.45) is 5.92 Å². The normalized spacial score (nSPS) is 34.0. The second-order valence-electron chi connectivity index (χ2n) is 6.58. The molecule has 0 aromatic rings. The molecule has 2 saturated heterocycles. The number of carbonyl (C=O) groups is 2. The Balaban J connectivity index is 2.10.